The Morgan fingerprint density at radius 3 is 2.56 bits per heavy atom. The third-order valence-electron chi connectivity index (χ3n) is 3.56. The molecule has 0 saturated carbocycles. The van der Waals surface area contributed by atoms with Gasteiger partial charge in [0.1, 0.15) is 5.75 Å². The van der Waals surface area contributed by atoms with Gasteiger partial charge in [-0.25, -0.2) is 4.79 Å². The largest absolute Gasteiger partial charge is 0.492 e. The molecule has 2 rings (SSSR count). The highest BCUT2D eigenvalue weighted by atomic mass is 16.5. The zero-order valence-corrected chi connectivity index (χ0v) is 15.1. The van der Waals surface area contributed by atoms with Crippen molar-refractivity contribution in [2.24, 2.45) is 0 Å². The van der Waals surface area contributed by atoms with Gasteiger partial charge in [0, 0.05) is 6.08 Å². The Morgan fingerprint density at radius 2 is 1.89 bits per heavy atom. The van der Waals surface area contributed by atoms with Crippen LogP contribution in [0.5, 0.6) is 5.75 Å². The highest BCUT2D eigenvalue weighted by Gasteiger charge is 2.18. The first-order valence-corrected chi connectivity index (χ1v) is 8.45. The summed E-state index contributed by atoms with van der Waals surface area (Å²) in [4.78, 5) is 24.2. The quantitative estimate of drug-likeness (QED) is 0.600. The standard InChI is InChI=1S/C21H20N2O4/c1-3-26-19-7-5-4-6-18(19)23-21(25)15(2)27-20(24)13-12-16-8-10-17(14-22)11-9-16/h4-13,15H,3H2,1-2H3,(H,23,25)/b13-12+/t15-/m1/s1. The number of amides is 1. The van der Waals surface area contributed by atoms with Gasteiger partial charge in [0.05, 0.1) is 23.9 Å². The minimum Gasteiger partial charge on any atom is -0.492 e. The zero-order valence-electron chi connectivity index (χ0n) is 15.1. The van der Waals surface area contributed by atoms with Crippen molar-refractivity contribution in [1.82, 2.24) is 0 Å². The number of carbonyl (C=O) groups is 2. The molecule has 0 radical (unpaired) electrons. The van der Waals surface area contributed by atoms with E-state index in [2.05, 4.69) is 5.32 Å². The number of carbonyl (C=O) groups excluding carboxylic acids is 2. The molecular formula is C21H20N2O4. The topological polar surface area (TPSA) is 88.4 Å². The number of anilines is 1. The van der Waals surface area contributed by atoms with Crippen molar-refractivity contribution in [1.29, 1.82) is 5.26 Å². The van der Waals surface area contributed by atoms with E-state index in [1.54, 1.807) is 54.6 Å². The number of ether oxygens (including phenoxy) is 2. The Balaban J connectivity index is 1.92. The van der Waals surface area contributed by atoms with Gasteiger partial charge in [-0.1, -0.05) is 24.3 Å². The van der Waals surface area contributed by atoms with Crippen molar-refractivity contribution >= 4 is 23.6 Å². The second-order valence-electron chi connectivity index (χ2n) is 5.56. The Kier molecular flexibility index (Phi) is 7.15. The summed E-state index contributed by atoms with van der Waals surface area (Å²) in [7, 11) is 0. The third kappa shape index (κ3) is 6.01. The Morgan fingerprint density at radius 1 is 1.19 bits per heavy atom. The van der Waals surface area contributed by atoms with Gasteiger partial charge >= 0.3 is 5.97 Å². The van der Waals surface area contributed by atoms with Gasteiger partial charge in [0.25, 0.3) is 5.91 Å². The van der Waals surface area contributed by atoms with E-state index in [9.17, 15) is 9.59 Å². The summed E-state index contributed by atoms with van der Waals surface area (Å²) < 4.78 is 10.6. The molecule has 27 heavy (non-hydrogen) atoms. The van der Waals surface area contributed by atoms with E-state index in [0.29, 0.717) is 23.6 Å². The highest BCUT2D eigenvalue weighted by Crippen LogP contribution is 2.23. The van der Waals surface area contributed by atoms with E-state index in [1.807, 2.05) is 13.0 Å². The van der Waals surface area contributed by atoms with Crippen LogP contribution in [-0.2, 0) is 14.3 Å². The lowest BCUT2D eigenvalue weighted by Gasteiger charge is -2.15. The van der Waals surface area contributed by atoms with Gasteiger partial charge in [-0.3, -0.25) is 4.79 Å². The van der Waals surface area contributed by atoms with Gasteiger partial charge < -0.3 is 14.8 Å². The predicted octanol–water partition coefficient (Wildman–Crippen LogP) is 3.54. The number of nitrogens with one attached hydrogen (secondary N) is 1. The monoisotopic (exact) mass is 364 g/mol. The molecule has 0 fully saturated rings. The molecule has 2 aromatic carbocycles. The molecule has 2 aromatic rings. The van der Waals surface area contributed by atoms with Crippen LogP contribution in [0.3, 0.4) is 0 Å². The number of hydrogen-bond donors (Lipinski definition) is 1. The maximum Gasteiger partial charge on any atom is 0.331 e. The number of benzene rings is 2. The number of nitrogens with zero attached hydrogens (tertiary/aromatic N) is 1. The fraction of sp³-hybridized carbons (Fsp3) is 0.190. The molecule has 0 aliphatic heterocycles. The molecule has 6 nitrogen and oxygen atoms in total. The molecule has 6 heteroatoms. The van der Waals surface area contributed by atoms with Crippen LogP contribution in [0.4, 0.5) is 5.69 Å². The van der Waals surface area contributed by atoms with Crippen molar-refractivity contribution in [3.8, 4) is 11.8 Å². The fourth-order valence-electron chi connectivity index (χ4n) is 2.19. The van der Waals surface area contributed by atoms with Crippen molar-refractivity contribution in [2.45, 2.75) is 20.0 Å². The fourth-order valence-corrected chi connectivity index (χ4v) is 2.19. The van der Waals surface area contributed by atoms with Gasteiger partial charge in [-0.2, -0.15) is 5.26 Å². The summed E-state index contributed by atoms with van der Waals surface area (Å²) in [6, 6.07) is 15.8. The van der Waals surface area contributed by atoms with Gasteiger partial charge in [-0.05, 0) is 49.8 Å². The molecule has 1 amide bonds. The summed E-state index contributed by atoms with van der Waals surface area (Å²) in [6.45, 7) is 3.81. The van der Waals surface area contributed by atoms with E-state index in [1.165, 1.54) is 13.0 Å². The summed E-state index contributed by atoms with van der Waals surface area (Å²) in [5.41, 5.74) is 1.79. The van der Waals surface area contributed by atoms with E-state index in [0.717, 1.165) is 5.56 Å². The minimum atomic E-state index is -0.974. The Hall–Kier alpha value is -3.59. The molecule has 1 N–H and O–H groups in total. The Bertz CT molecular complexity index is 866. The lowest BCUT2D eigenvalue weighted by Crippen LogP contribution is -2.29. The van der Waals surface area contributed by atoms with Crippen LogP contribution in [0, 0.1) is 11.3 Å². The van der Waals surface area contributed by atoms with E-state index >= 15 is 0 Å². The molecule has 1 atom stereocenters. The molecular weight excluding hydrogens is 344 g/mol. The maximum atomic E-state index is 12.3. The van der Waals surface area contributed by atoms with Crippen LogP contribution in [0.25, 0.3) is 6.08 Å². The summed E-state index contributed by atoms with van der Waals surface area (Å²) in [5.74, 6) is -0.546. The molecule has 0 aliphatic rings. The van der Waals surface area contributed by atoms with Crippen molar-refractivity contribution in [2.75, 3.05) is 11.9 Å². The van der Waals surface area contributed by atoms with Crippen LogP contribution in [0.1, 0.15) is 25.0 Å². The number of esters is 1. The van der Waals surface area contributed by atoms with Crippen LogP contribution in [-0.4, -0.2) is 24.6 Å². The molecule has 0 heterocycles. The average molecular weight is 364 g/mol. The van der Waals surface area contributed by atoms with Crippen molar-refractivity contribution in [3.05, 3.63) is 65.7 Å². The highest BCUT2D eigenvalue weighted by molar-refractivity contribution is 5.97. The minimum absolute atomic E-state index is 0.456. The Labute approximate surface area is 158 Å². The van der Waals surface area contributed by atoms with Crippen LogP contribution in [0.2, 0.25) is 0 Å². The number of nitriles is 1. The third-order valence-corrected chi connectivity index (χ3v) is 3.56. The molecule has 0 saturated heterocycles. The van der Waals surface area contributed by atoms with Crippen LogP contribution in [0.15, 0.2) is 54.6 Å². The lowest BCUT2D eigenvalue weighted by atomic mass is 10.1. The SMILES string of the molecule is CCOc1ccccc1NC(=O)[C@@H](C)OC(=O)/C=C/c1ccc(C#N)cc1. The summed E-state index contributed by atoms with van der Waals surface area (Å²) in [5, 5.41) is 11.5. The summed E-state index contributed by atoms with van der Waals surface area (Å²) >= 11 is 0. The van der Waals surface area contributed by atoms with Crippen LogP contribution < -0.4 is 10.1 Å². The van der Waals surface area contributed by atoms with Gasteiger partial charge in [0.2, 0.25) is 0 Å². The van der Waals surface area contributed by atoms with E-state index in [-0.39, 0.29) is 0 Å². The average Bonchev–Trinajstić information content (AvgIpc) is 2.68. The first-order chi connectivity index (χ1) is 13.0. The van der Waals surface area contributed by atoms with Gasteiger partial charge in [0.15, 0.2) is 6.10 Å². The van der Waals surface area contributed by atoms with E-state index < -0.39 is 18.0 Å². The second kappa shape index (κ2) is 9.78. The maximum absolute atomic E-state index is 12.3. The van der Waals surface area contributed by atoms with Crippen LogP contribution >= 0.6 is 0 Å². The first kappa shape index (κ1) is 19.7. The molecule has 0 aliphatic carbocycles. The van der Waals surface area contributed by atoms with Crippen molar-refractivity contribution in [3.63, 3.8) is 0 Å². The first-order valence-electron chi connectivity index (χ1n) is 8.45. The smallest absolute Gasteiger partial charge is 0.331 e. The number of para-hydroxylation sites is 2. The number of rotatable bonds is 7. The predicted molar refractivity (Wildman–Crippen MR) is 102 cm³/mol. The van der Waals surface area contributed by atoms with Crippen molar-refractivity contribution < 1.29 is 19.1 Å². The zero-order chi connectivity index (χ0) is 19.6. The lowest BCUT2D eigenvalue weighted by molar-refractivity contribution is -0.148. The van der Waals surface area contributed by atoms with Gasteiger partial charge in [-0.15, -0.1) is 0 Å². The normalized spacial score (nSPS) is 11.4. The second-order valence-corrected chi connectivity index (χ2v) is 5.56. The molecule has 0 spiro atoms. The molecule has 0 bridgehead atoms. The molecule has 0 unspecified atom stereocenters. The molecule has 138 valence electrons. The van der Waals surface area contributed by atoms with E-state index in [4.69, 9.17) is 14.7 Å². The molecule has 0 aromatic heterocycles. The summed E-state index contributed by atoms with van der Waals surface area (Å²) in [6.07, 6.45) is 1.82. The number of hydrogen-bond acceptors (Lipinski definition) is 5.